The van der Waals surface area contributed by atoms with Crippen molar-refractivity contribution in [2.24, 2.45) is 10.9 Å². The Morgan fingerprint density at radius 3 is 2.42 bits per heavy atom. The average molecular weight is 488 g/mol. The van der Waals surface area contributed by atoms with Gasteiger partial charge < -0.3 is 15.4 Å². The van der Waals surface area contributed by atoms with Crippen LogP contribution in [0.3, 0.4) is 0 Å². The molecule has 0 aliphatic heterocycles. The van der Waals surface area contributed by atoms with E-state index in [1.807, 2.05) is 32.9 Å². The third-order valence-electron chi connectivity index (χ3n) is 6.29. The fraction of sp³-hybridized carbons (Fsp3) is 0.682. The van der Waals surface area contributed by atoms with E-state index in [2.05, 4.69) is 49.4 Å². The second-order valence-corrected chi connectivity index (χ2v) is 17.5. The van der Waals surface area contributed by atoms with Crippen molar-refractivity contribution in [2.45, 2.75) is 83.3 Å². The van der Waals surface area contributed by atoms with Gasteiger partial charge in [-0.2, -0.15) is 13.5 Å². The van der Waals surface area contributed by atoms with Crippen molar-refractivity contribution >= 4 is 38.6 Å². The maximum Gasteiger partial charge on any atom is 0.192 e. The number of hydrogen-bond donors (Lipinski definition) is 2. The standard InChI is InChI=1S/C22H39N3O3SSi.H2S/c1-21(2,3)29(27)25(14-15-28-30(7,8)22(4,5)6)19-13-12-16-17(19)10-9-11-18(16)20(23)24-26;/h9-11,19,26H,12-15H2,1-8H3,(H2,23,24);1H2/t19-,29-;/m0./s1. The Morgan fingerprint density at radius 2 is 1.90 bits per heavy atom. The summed E-state index contributed by atoms with van der Waals surface area (Å²) in [7, 11) is -3.06. The summed E-state index contributed by atoms with van der Waals surface area (Å²) in [6.07, 6.45) is 1.67. The smallest absolute Gasteiger partial charge is 0.192 e. The molecule has 0 fully saturated rings. The van der Waals surface area contributed by atoms with Gasteiger partial charge in [0.2, 0.25) is 0 Å². The van der Waals surface area contributed by atoms with E-state index in [4.69, 9.17) is 15.4 Å². The highest BCUT2D eigenvalue weighted by atomic mass is 32.2. The fourth-order valence-corrected chi connectivity index (χ4v) is 5.97. The Hall–Kier alpha value is -0.873. The SMILES string of the molecule is CC(C)(C)[S@](=O)N(CCO[Si](C)(C)C(C)(C)C)[C@H]1CCc2c(C(N)=NO)cccc21.S. The highest BCUT2D eigenvalue weighted by molar-refractivity contribution is 7.84. The molecule has 2 rings (SSSR count). The van der Waals surface area contributed by atoms with E-state index in [1.165, 1.54) is 0 Å². The predicted molar refractivity (Wildman–Crippen MR) is 138 cm³/mol. The van der Waals surface area contributed by atoms with Crippen LogP contribution in [0, 0.1) is 0 Å². The van der Waals surface area contributed by atoms with Gasteiger partial charge in [0.15, 0.2) is 14.2 Å². The minimum Gasteiger partial charge on any atom is -0.415 e. The molecule has 0 saturated heterocycles. The summed E-state index contributed by atoms with van der Waals surface area (Å²) in [5.74, 6) is 0.122. The van der Waals surface area contributed by atoms with Gasteiger partial charge in [-0.1, -0.05) is 44.1 Å². The minimum atomic E-state index is -1.88. The topological polar surface area (TPSA) is 88.2 Å². The minimum absolute atomic E-state index is 0. The first kappa shape index (κ1) is 28.2. The lowest BCUT2D eigenvalue weighted by Crippen LogP contribution is -2.45. The maximum absolute atomic E-state index is 13.5. The molecule has 178 valence electrons. The van der Waals surface area contributed by atoms with Crippen LogP contribution >= 0.6 is 13.5 Å². The van der Waals surface area contributed by atoms with E-state index in [-0.39, 0.29) is 35.2 Å². The molecular formula is C22H41N3O3S2Si. The van der Waals surface area contributed by atoms with Crippen LogP contribution in [0.25, 0.3) is 0 Å². The summed E-state index contributed by atoms with van der Waals surface area (Å²) >= 11 is 0. The molecule has 0 heterocycles. The molecule has 0 amide bonds. The molecule has 1 aromatic rings. The van der Waals surface area contributed by atoms with Crippen LogP contribution < -0.4 is 5.73 Å². The van der Waals surface area contributed by atoms with Gasteiger partial charge in [-0.15, -0.1) is 0 Å². The number of hydrogen-bond acceptors (Lipinski definition) is 4. The number of fused-ring (bicyclic) bond motifs is 1. The first-order chi connectivity index (χ1) is 13.7. The van der Waals surface area contributed by atoms with Crippen molar-refractivity contribution in [1.29, 1.82) is 0 Å². The van der Waals surface area contributed by atoms with Crippen LogP contribution in [0.15, 0.2) is 23.4 Å². The zero-order valence-electron chi connectivity index (χ0n) is 20.3. The largest absolute Gasteiger partial charge is 0.415 e. The number of nitrogens with two attached hydrogens (primary N) is 1. The van der Waals surface area contributed by atoms with Gasteiger partial charge in [-0.05, 0) is 62.9 Å². The summed E-state index contributed by atoms with van der Waals surface area (Å²) in [6, 6.07) is 5.90. The molecule has 9 heteroatoms. The molecule has 1 aliphatic carbocycles. The molecule has 0 saturated carbocycles. The Labute approximate surface area is 198 Å². The first-order valence-corrected chi connectivity index (χ1v) is 14.6. The average Bonchev–Trinajstić information content (AvgIpc) is 3.06. The second kappa shape index (κ2) is 10.4. The lowest BCUT2D eigenvalue weighted by atomic mass is 10.0. The van der Waals surface area contributed by atoms with Crippen LogP contribution in [-0.2, 0) is 21.8 Å². The molecule has 0 spiro atoms. The van der Waals surface area contributed by atoms with Gasteiger partial charge in [0.05, 0.1) is 4.75 Å². The molecule has 0 radical (unpaired) electrons. The zero-order valence-corrected chi connectivity index (χ0v) is 23.1. The number of rotatable bonds is 7. The maximum atomic E-state index is 13.5. The number of benzene rings is 1. The summed E-state index contributed by atoms with van der Waals surface area (Å²) in [5.41, 5.74) is 8.86. The van der Waals surface area contributed by atoms with E-state index >= 15 is 0 Å². The van der Waals surface area contributed by atoms with Crippen molar-refractivity contribution in [2.75, 3.05) is 13.2 Å². The van der Waals surface area contributed by atoms with E-state index in [1.54, 1.807) is 0 Å². The van der Waals surface area contributed by atoms with Crippen LogP contribution in [0.1, 0.15) is 70.7 Å². The van der Waals surface area contributed by atoms with Crippen LogP contribution in [0.5, 0.6) is 0 Å². The van der Waals surface area contributed by atoms with E-state index in [0.29, 0.717) is 13.2 Å². The van der Waals surface area contributed by atoms with Crippen LogP contribution in [0.2, 0.25) is 18.1 Å². The quantitative estimate of drug-likeness (QED) is 0.192. The lowest BCUT2D eigenvalue weighted by molar-refractivity contribution is 0.230. The molecule has 0 aromatic heterocycles. The predicted octanol–water partition coefficient (Wildman–Crippen LogP) is 4.67. The van der Waals surface area contributed by atoms with Gasteiger partial charge in [-0.25, -0.2) is 8.51 Å². The van der Waals surface area contributed by atoms with Crippen molar-refractivity contribution in [3.8, 4) is 0 Å². The second-order valence-electron chi connectivity index (χ2n) is 10.5. The number of oxime groups is 1. The van der Waals surface area contributed by atoms with Crippen molar-refractivity contribution < 1.29 is 13.8 Å². The highest BCUT2D eigenvalue weighted by Gasteiger charge is 2.39. The summed E-state index contributed by atoms with van der Waals surface area (Å²) in [6.45, 7) is 18.4. The van der Waals surface area contributed by atoms with Gasteiger partial charge in [0.25, 0.3) is 0 Å². The van der Waals surface area contributed by atoms with Gasteiger partial charge >= 0.3 is 0 Å². The number of amidine groups is 1. The highest BCUT2D eigenvalue weighted by Crippen LogP contribution is 2.40. The molecule has 31 heavy (non-hydrogen) atoms. The van der Waals surface area contributed by atoms with Gasteiger partial charge in [-0.3, -0.25) is 0 Å². The normalized spacial score (nSPS) is 18.6. The lowest BCUT2D eigenvalue weighted by Gasteiger charge is -2.38. The Kier molecular flexibility index (Phi) is 9.42. The van der Waals surface area contributed by atoms with Gasteiger partial charge in [0, 0.05) is 24.8 Å². The van der Waals surface area contributed by atoms with Gasteiger partial charge in [0.1, 0.15) is 11.0 Å². The van der Waals surface area contributed by atoms with Crippen molar-refractivity contribution in [3.63, 3.8) is 0 Å². The molecule has 6 nitrogen and oxygen atoms in total. The summed E-state index contributed by atoms with van der Waals surface area (Å²) in [5, 5.41) is 12.5. The summed E-state index contributed by atoms with van der Waals surface area (Å²) in [4.78, 5) is 0. The molecule has 2 atom stereocenters. The van der Waals surface area contributed by atoms with Crippen LogP contribution in [0.4, 0.5) is 0 Å². The van der Waals surface area contributed by atoms with E-state index in [0.717, 1.165) is 29.5 Å². The molecule has 1 aromatic carbocycles. The van der Waals surface area contributed by atoms with Crippen molar-refractivity contribution in [1.82, 2.24) is 4.31 Å². The number of nitrogens with zero attached hydrogens (tertiary/aromatic N) is 2. The zero-order chi connectivity index (χ0) is 22.9. The Balaban J connectivity index is 0.00000480. The monoisotopic (exact) mass is 487 g/mol. The third kappa shape index (κ3) is 6.34. The molecular weight excluding hydrogens is 446 g/mol. The Bertz CT molecular complexity index is 817. The molecule has 3 N–H and O–H groups in total. The Morgan fingerprint density at radius 1 is 1.29 bits per heavy atom. The molecule has 1 aliphatic rings. The molecule has 0 unspecified atom stereocenters. The third-order valence-corrected chi connectivity index (χ3v) is 12.7. The van der Waals surface area contributed by atoms with Crippen molar-refractivity contribution in [3.05, 3.63) is 34.9 Å². The summed E-state index contributed by atoms with van der Waals surface area (Å²) < 4.78 is 21.6. The van der Waals surface area contributed by atoms with E-state index in [9.17, 15) is 4.21 Å². The first-order valence-electron chi connectivity index (χ1n) is 10.6. The molecule has 0 bridgehead atoms. The van der Waals surface area contributed by atoms with Crippen LogP contribution in [-0.4, -0.2) is 45.8 Å². The fourth-order valence-electron chi connectivity index (χ4n) is 3.54. The van der Waals surface area contributed by atoms with E-state index < -0.39 is 19.3 Å².